The molecule has 0 saturated heterocycles. The van der Waals surface area contributed by atoms with Gasteiger partial charge in [0, 0.05) is 17.3 Å². The van der Waals surface area contributed by atoms with Crippen molar-refractivity contribution in [1.29, 1.82) is 0 Å². The topological polar surface area (TPSA) is 92.7 Å². The number of hydrogen-bond donors (Lipinski definition) is 2. The third-order valence-corrected chi connectivity index (χ3v) is 16.4. The van der Waals surface area contributed by atoms with E-state index < -0.39 is 11.4 Å². The number of carbonyl (C=O) groups excluding carboxylic acids is 2. The van der Waals surface area contributed by atoms with E-state index in [-0.39, 0.29) is 51.5 Å². The van der Waals surface area contributed by atoms with Gasteiger partial charge < -0.3 is 15.2 Å². The summed E-state index contributed by atoms with van der Waals surface area (Å²) in [6.45, 7) is 22.3. The molecule has 6 rings (SSSR count). The van der Waals surface area contributed by atoms with Crippen molar-refractivity contribution in [2.75, 3.05) is 13.1 Å². The Labute approximate surface area is 291 Å². The number of Topliss-reactive ketones (excluding diaryl/α,β-unsaturated/α-hetero) is 1. The van der Waals surface area contributed by atoms with Crippen LogP contribution in [-0.4, -0.2) is 42.0 Å². The summed E-state index contributed by atoms with van der Waals surface area (Å²) >= 11 is 0. The molecule has 2 N–H and O–H groups in total. The Hall–Kier alpha value is -1.69. The molecule has 6 aliphatic rings. The van der Waals surface area contributed by atoms with Crippen molar-refractivity contribution >= 4 is 17.7 Å². The molecule has 6 aliphatic carbocycles. The molecule has 8 atom stereocenters. The van der Waals surface area contributed by atoms with Crippen LogP contribution in [0.5, 0.6) is 0 Å². The number of allylic oxidation sites excluding steroid dienone is 2. The van der Waals surface area contributed by atoms with Crippen molar-refractivity contribution in [1.82, 2.24) is 5.32 Å². The minimum atomic E-state index is -1.13. The number of carboxylic acids is 1. The lowest BCUT2D eigenvalue weighted by Gasteiger charge is -2.72. The molecule has 5 saturated carbocycles. The Bertz CT molecular complexity index is 1340. The fraction of sp³-hybridized carbons (Fsp3) is 0.881. The third kappa shape index (κ3) is 5.47. The van der Waals surface area contributed by atoms with Gasteiger partial charge >= 0.3 is 11.9 Å². The number of hydrogen-bond acceptors (Lipinski definition) is 5. The Balaban J connectivity index is 1.25. The zero-order valence-electron chi connectivity index (χ0n) is 31.9. The zero-order valence-corrected chi connectivity index (χ0v) is 31.9. The van der Waals surface area contributed by atoms with Gasteiger partial charge in [0.15, 0.2) is 5.78 Å². The number of ether oxygens (including phenoxy) is 1. The largest absolute Gasteiger partial charge is 0.481 e. The first kappa shape index (κ1) is 36.1. The lowest BCUT2D eigenvalue weighted by molar-refractivity contribution is -0.233. The lowest BCUT2D eigenvalue weighted by atomic mass is 9.33. The quantitative estimate of drug-likeness (QED) is 0.179. The molecular formula is C42H67NO5. The van der Waals surface area contributed by atoms with Gasteiger partial charge in [-0.3, -0.25) is 14.4 Å². The number of aliphatic carboxylic acids is 1. The maximum atomic E-state index is 13.9. The Kier molecular flexibility index (Phi) is 9.20. The molecule has 6 heteroatoms. The second-order valence-electron chi connectivity index (χ2n) is 19.9. The van der Waals surface area contributed by atoms with E-state index in [0.717, 1.165) is 57.5 Å². The summed E-state index contributed by atoms with van der Waals surface area (Å²) in [5.41, 5.74) is 1.99. The van der Waals surface area contributed by atoms with Crippen LogP contribution in [0, 0.1) is 62.1 Å². The molecule has 0 heterocycles. The fourth-order valence-corrected chi connectivity index (χ4v) is 13.2. The smallest absolute Gasteiger partial charge is 0.309 e. The Morgan fingerprint density at radius 2 is 1.62 bits per heavy atom. The highest BCUT2D eigenvalue weighted by atomic mass is 16.5. The van der Waals surface area contributed by atoms with Crippen molar-refractivity contribution < 1.29 is 24.2 Å². The first-order chi connectivity index (χ1) is 22.3. The van der Waals surface area contributed by atoms with E-state index in [1.807, 2.05) is 0 Å². The van der Waals surface area contributed by atoms with E-state index in [1.54, 1.807) is 19.4 Å². The summed E-state index contributed by atoms with van der Waals surface area (Å²) in [5, 5.41) is 13.4. The van der Waals surface area contributed by atoms with E-state index in [9.17, 15) is 19.5 Å². The summed E-state index contributed by atoms with van der Waals surface area (Å²) < 4.78 is 6.17. The van der Waals surface area contributed by atoms with Crippen molar-refractivity contribution in [2.45, 2.75) is 158 Å². The van der Waals surface area contributed by atoms with Crippen LogP contribution in [0.1, 0.15) is 152 Å². The molecule has 2 unspecified atom stereocenters. The molecule has 5 fully saturated rings. The molecular weight excluding hydrogens is 598 g/mol. The normalized spacial score (nSPS) is 40.8. The second-order valence-corrected chi connectivity index (χ2v) is 19.9. The highest BCUT2D eigenvalue weighted by molar-refractivity contribution is 6.00. The fourth-order valence-electron chi connectivity index (χ4n) is 13.2. The molecule has 0 aromatic heterocycles. The number of carbonyl (C=O) groups is 3. The van der Waals surface area contributed by atoms with Gasteiger partial charge in [-0.15, -0.1) is 0 Å². The van der Waals surface area contributed by atoms with Crippen LogP contribution in [-0.2, 0) is 19.1 Å². The van der Waals surface area contributed by atoms with Crippen LogP contribution in [0.15, 0.2) is 11.1 Å². The molecule has 6 nitrogen and oxygen atoms in total. The zero-order chi connectivity index (χ0) is 35.1. The molecule has 48 heavy (non-hydrogen) atoms. The van der Waals surface area contributed by atoms with Crippen LogP contribution >= 0.6 is 0 Å². The maximum Gasteiger partial charge on any atom is 0.309 e. The van der Waals surface area contributed by atoms with Gasteiger partial charge in [0.05, 0.1) is 11.8 Å². The standard InChI is InChI=1S/C42H67NO5/c1-26(2)34-29(44)23-42(21-22-43-25-27-11-10-12-27)20-19-40(8)28(35(34)42)13-14-31-39(7)17-16-32(48-33(45)24-37(3,4)36(46)47)38(5,6)30(39)15-18-41(31,40)9/h26-28,30-32,43H,10-25H2,1-9H3,(H,46,47)/t28-,30?,31?,32+,39+,40-,41-,42-/m1/s1. The van der Waals surface area contributed by atoms with Gasteiger partial charge in [0.25, 0.3) is 0 Å². The molecule has 0 spiro atoms. The molecule has 0 amide bonds. The highest BCUT2D eigenvalue weighted by Gasteiger charge is 2.70. The van der Waals surface area contributed by atoms with Crippen LogP contribution in [0.2, 0.25) is 0 Å². The molecule has 0 bridgehead atoms. The van der Waals surface area contributed by atoms with Gasteiger partial charge in [-0.1, -0.05) is 60.5 Å². The van der Waals surface area contributed by atoms with E-state index in [0.29, 0.717) is 23.5 Å². The number of carboxylic acid groups (broad SMARTS) is 1. The van der Waals surface area contributed by atoms with Gasteiger partial charge in [-0.05, 0) is 149 Å². The number of esters is 1. The van der Waals surface area contributed by atoms with Crippen molar-refractivity contribution in [2.24, 2.45) is 62.1 Å². The number of rotatable bonds is 10. The van der Waals surface area contributed by atoms with E-state index in [1.165, 1.54) is 50.5 Å². The summed E-state index contributed by atoms with van der Waals surface area (Å²) in [7, 11) is 0. The van der Waals surface area contributed by atoms with Gasteiger partial charge in [-0.25, -0.2) is 0 Å². The monoisotopic (exact) mass is 666 g/mol. The first-order valence-corrected chi connectivity index (χ1v) is 19.7. The average Bonchev–Trinajstić information content (AvgIpc) is 3.25. The molecule has 0 aromatic rings. The summed E-state index contributed by atoms with van der Waals surface area (Å²) in [4.78, 5) is 38.7. The van der Waals surface area contributed by atoms with E-state index in [2.05, 4.69) is 53.8 Å². The lowest BCUT2D eigenvalue weighted by Crippen LogP contribution is -2.65. The van der Waals surface area contributed by atoms with E-state index >= 15 is 0 Å². The molecule has 270 valence electrons. The number of fused-ring (bicyclic) bond motifs is 7. The van der Waals surface area contributed by atoms with Crippen molar-refractivity contribution in [3.8, 4) is 0 Å². The molecule has 0 aromatic carbocycles. The van der Waals surface area contributed by atoms with Crippen molar-refractivity contribution in [3.63, 3.8) is 0 Å². The Morgan fingerprint density at radius 1 is 0.917 bits per heavy atom. The van der Waals surface area contributed by atoms with Crippen LogP contribution in [0.25, 0.3) is 0 Å². The second kappa shape index (κ2) is 12.2. The van der Waals surface area contributed by atoms with Crippen molar-refractivity contribution in [3.05, 3.63) is 11.1 Å². The third-order valence-electron chi connectivity index (χ3n) is 16.4. The minimum Gasteiger partial charge on any atom is -0.481 e. The van der Waals surface area contributed by atoms with E-state index in [4.69, 9.17) is 4.74 Å². The molecule has 0 aliphatic heterocycles. The summed E-state index contributed by atoms with van der Waals surface area (Å²) in [5.74, 6) is 1.71. The summed E-state index contributed by atoms with van der Waals surface area (Å²) in [6.07, 6.45) is 14.5. The first-order valence-electron chi connectivity index (χ1n) is 19.7. The molecule has 0 radical (unpaired) electrons. The predicted octanol–water partition coefficient (Wildman–Crippen LogP) is 9.16. The highest BCUT2D eigenvalue weighted by Crippen LogP contribution is 2.77. The SMILES string of the molecule is CC(C)C1=C2[C@H]3CCC4[C@@]5(C)CC[C@H](OC(=O)CC(C)(C)C(=O)O)C(C)(C)C5CC[C@@]4(C)[C@]3(C)CC[C@@]2(CCNCC2CCC2)CC1=O. The van der Waals surface area contributed by atoms with Gasteiger partial charge in [-0.2, -0.15) is 0 Å². The summed E-state index contributed by atoms with van der Waals surface area (Å²) in [6, 6.07) is 0. The Morgan fingerprint density at radius 3 is 2.25 bits per heavy atom. The minimum absolute atomic E-state index is 0.0386. The maximum absolute atomic E-state index is 13.9. The number of nitrogens with one attached hydrogen (secondary N) is 1. The predicted molar refractivity (Wildman–Crippen MR) is 190 cm³/mol. The average molecular weight is 666 g/mol. The van der Waals surface area contributed by atoms with Crippen LogP contribution in [0.3, 0.4) is 0 Å². The number of ketones is 1. The van der Waals surface area contributed by atoms with Crippen LogP contribution < -0.4 is 5.32 Å². The van der Waals surface area contributed by atoms with Gasteiger partial charge in [0.1, 0.15) is 6.10 Å². The van der Waals surface area contributed by atoms with Crippen LogP contribution in [0.4, 0.5) is 0 Å². The van der Waals surface area contributed by atoms with Gasteiger partial charge in [0.2, 0.25) is 0 Å².